The van der Waals surface area contributed by atoms with Gasteiger partial charge in [-0.25, -0.2) is 0 Å². The van der Waals surface area contributed by atoms with Crippen molar-refractivity contribution < 1.29 is 14.6 Å². The summed E-state index contributed by atoms with van der Waals surface area (Å²) in [5, 5.41) is 10.8. The minimum atomic E-state index is -1.61. The molecular formula is C16H19NO3. The maximum Gasteiger partial charge on any atom is 0.264 e. The van der Waals surface area contributed by atoms with Crippen molar-refractivity contribution in [3.05, 3.63) is 54.3 Å². The Morgan fingerprint density at radius 1 is 1.40 bits per heavy atom. The van der Waals surface area contributed by atoms with E-state index in [1.165, 1.54) is 7.11 Å². The number of nitrogens with zero attached hydrogens (tertiary/aromatic N) is 1. The van der Waals surface area contributed by atoms with Crippen molar-refractivity contribution in [1.29, 1.82) is 0 Å². The van der Waals surface area contributed by atoms with Crippen molar-refractivity contribution in [2.24, 2.45) is 0 Å². The quantitative estimate of drug-likeness (QED) is 0.662. The van der Waals surface area contributed by atoms with Gasteiger partial charge >= 0.3 is 0 Å². The van der Waals surface area contributed by atoms with Gasteiger partial charge in [-0.1, -0.05) is 36.9 Å². The van der Waals surface area contributed by atoms with Crippen LogP contribution in [-0.2, 0) is 15.1 Å². The van der Waals surface area contributed by atoms with E-state index in [0.29, 0.717) is 23.6 Å². The van der Waals surface area contributed by atoms with Gasteiger partial charge in [0, 0.05) is 18.5 Å². The van der Waals surface area contributed by atoms with Crippen LogP contribution in [0.1, 0.15) is 18.9 Å². The molecule has 0 radical (unpaired) electrons. The van der Waals surface area contributed by atoms with E-state index in [0.717, 1.165) is 5.57 Å². The first-order valence-corrected chi connectivity index (χ1v) is 6.40. The lowest BCUT2D eigenvalue weighted by atomic mass is 9.91. The molecule has 1 heterocycles. The second-order valence-electron chi connectivity index (χ2n) is 5.15. The SMILES string of the molecule is C=C(C)CN1C(=O)[C@@](O)(CC(=C)OC)c2ccccc21. The molecule has 0 bridgehead atoms. The van der Waals surface area contributed by atoms with Crippen molar-refractivity contribution in [2.75, 3.05) is 18.6 Å². The van der Waals surface area contributed by atoms with Crippen LogP contribution in [0, 0.1) is 0 Å². The van der Waals surface area contributed by atoms with E-state index in [9.17, 15) is 9.90 Å². The molecule has 1 aliphatic heterocycles. The second kappa shape index (κ2) is 5.13. The first-order chi connectivity index (χ1) is 9.40. The summed E-state index contributed by atoms with van der Waals surface area (Å²) < 4.78 is 5.01. The summed E-state index contributed by atoms with van der Waals surface area (Å²) in [6.45, 7) is 9.77. The highest BCUT2D eigenvalue weighted by atomic mass is 16.5. The van der Waals surface area contributed by atoms with Crippen LogP contribution < -0.4 is 4.90 Å². The van der Waals surface area contributed by atoms with Gasteiger partial charge in [0.15, 0.2) is 5.60 Å². The predicted octanol–water partition coefficient (Wildman–Crippen LogP) is 2.35. The van der Waals surface area contributed by atoms with E-state index < -0.39 is 5.60 Å². The number of para-hydroxylation sites is 1. The van der Waals surface area contributed by atoms with Crippen molar-refractivity contribution >= 4 is 11.6 Å². The van der Waals surface area contributed by atoms with Crippen LogP contribution in [0.3, 0.4) is 0 Å². The van der Waals surface area contributed by atoms with Gasteiger partial charge in [0.2, 0.25) is 0 Å². The highest BCUT2D eigenvalue weighted by Crippen LogP contribution is 2.43. The summed E-state index contributed by atoms with van der Waals surface area (Å²) in [5.41, 5.74) is 0.540. The van der Waals surface area contributed by atoms with Gasteiger partial charge < -0.3 is 14.7 Å². The zero-order chi connectivity index (χ0) is 14.9. The number of hydrogen-bond acceptors (Lipinski definition) is 3. The smallest absolute Gasteiger partial charge is 0.264 e. The van der Waals surface area contributed by atoms with Crippen molar-refractivity contribution in [3.8, 4) is 0 Å². The van der Waals surface area contributed by atoms with Gasteiger partial charge in [0.05, 0.1) is 18.6 Å². The molecule has 1 aromatic rings. The molecule has 0 aliphatic carbocycles. The molecule has 0 saturated carbocycles. The Kier molecular flexibility index (Phi) is 3.68. The third-order valence-corrected chi connectivity index (χ3v) is 3.41. The van der Waals surface area contributed by atoms with Gasteiger partial charge in [0.25, 0.3) is 5.91 Å². The lowest BCUT2D eigenvalue weighted by Crippen LogP contribution is -2.41. The monoisotopic (exact) mass is 273 g/mol. The fraction of sp³-hybridized carbons (Fsp3) is 0.312. The number of amides is 1. The Balaban J connectivity index is 2.47. The number of carbonyl (C=O) groups excluding carboxylic acids is 1. The summed E-state index contributed by atoms with van der Waals surface area (Å²) in [6.07, 6.45) is 0.0477. The number of aliphatic hydroxyl groups is 1. The number of rotatable bonds is 5. The number of carbonyl (C=O) groups is 1. The summed E-state index contributed by atoms with van der Waals surface area (Å²) >= 11 is 0. The summed E-state index contributed by atoms with van der Waals surface area (Å²) in [7, 11) is 1.47. The molecule has 4 heteroatoms. The first kappa shape index (κ1) is 14.3. The molecule has 1 atom stereocenters. The largest absolute Gasteiger partial charge is 0.502 e. The van der Waals surface area contributed by atoms with E-state index in [2.05, 4.69) is 13.2 Å². The summed E-state index contributed by atoms with van der Waals surface area (Å²) in [6, 6.07) is 7.23. The lowest BCUT2D eigenvalue weighted by molar-refractivity contribution is -0.136. The molecule has 1 aromatic carbocycles. The standard InChI is InChI=1S/C16H19NO3/c1-11(2)10-17-14-8-6-5-7-13(14)16(19,15(17)18)9-12(3)20-4/h5-8,19H,1,3,9-10H2,2,4H3/t16-/m1/s1. The molecule has 0 unspecified atom stereocenters. The molecule has 2 rings (SSSR count). The Labute approximate surface area is 119 Å². The van der Waals surface area contributed by atoms with Crippen LogP contribution in [0.25, 0.3) is 0 Å². The predicted molar refractivity (Wildman–Crippen MR) is 78.3 cm³/mol. The number of ether oxygens (including phenoxy) is 1. The number of hydrogen-bond donors (Lipinski definition) is 1. The lowest BCUT2D eigenvalue weighted by Gasteiger charge is -2.23. The zero-order valence-corrected chi connectivity index (χ0v) is 11.8. The van der Waals surface area contributed by atoms with Gasteiger partial charge in [-0.3, -0.25) is 4.79 Å². The minimum absolute atomic E-state index is 0.0477. The van der Waals surface area contributed by atoms with Crippen LogP contribution in [-0.4, -0.2) is 24.7 Å². The molecule has 106 valence electrons. The average Bonchev–Trinajstić information content (AvgIpc) is 2.61. The van der Waals surface area contributed by atoms with Crippen LogP contribution in [0.2, 0.25) is 0 Å². The Bertz CT molecular complexity index is 579. The van der Waals surface area contributed by atoms with Crippen LogP contribution >= 0.6 is 0 Å². The third-order valence-electron chi connectivity index (χ3n) is 3.41. The number of fused-ring (bicyclic) bond motifs is 1. The Morgan fingerprint density at radius 3 is 2.65 bits per heavy atom. The molecule has 0 fully saturated rings. The van der Waals surface area contributed by atoms with Crippen molar-refractivity contribution in [1.82, 2.24) is 0 Å². The molecule has 1 amide bonds. The van der Waals surface area contributed by atoms with Crippen LogP contribution in [0.15, 0.2) is 48.8 Å². The van der Waals surface area contributed by atoms with E-state index in [-0.39, 0.29) is 12.3 Å². The molecule has 0 saturated heterocycles. The van der Waals surface area contributed by atoms with E-state index in [1.54, 1.807) is 17.0 Å². The molecule has 0 spiro atoms. The number of methoxy groups -OCH3 is 1. The summed E-state index contributed by atoms with van der Waals surface area (Å²) in [4.78, 5) is 14.2. The minimum Gasteiger partial charge on any atom is -0.502 e. The maximum atomic E-state index is 12.6. The average molecular weight is 273 g/mol. The molecular weight excluding hydrogens is 254 g/mol. The van der Waals surface area contributed by atoms with Gasteiger partial charge in [-0.15, -0.1) is 0 Å². The van der Waals surface area contributed by atoms with Gasteiger partial charge in [-0.2, -0.15) is 0 Å². The first-order valence-electron chi connectivity index (χ1n) is 6.40. The van der Waals surface area contributed by atoms with E-state index in [1.807, 2.05) is 19.1 Å². The fourth-order valence-electron chi connectivity index (χ4n) is 2.46. The third kappa shape index (κ3) is 2.23. The Hall–Kier alpha value is -2.07. The fourth-order valence-corrected chi connectivity index (χ4v) is 2.46. The number of benzene rings is 1. The van der Waals surface area contributed by atoms with Gasteiger partial charge in [-0.05, 0) is 13.0 Å². The molecule has 20 heavy (non-hydrogen) atoms. The molecule has 1 aliphatic rings. The van der Waals surface area contributed by atoms with Crippen molar-refractivity contribution in [2.45, 2.75) is 18.9 Å². The van der Waals surface area contributed by atoms with Crippen molar-refractivity contribution in [3.63, 3.8) is 0 Å². The highest BCUT2D eigenvalue weighted by Gasteiger charge is 2.49. The molecule has 4 nitrogen and oxygen atoms in total. The summed E-state index contributed by atoms with van der Waals surface area (Å²) in [5.74, 6) is 0.00716. The second-order valence-corrected chi connectivity index (χ2v) is 5.15. The maximum absolute atomic E-state index is 12.6. The van der Waals surface area contributed by atoms with Crippen LogP contribution in [0.4, 0.5) is 5.69 Å². The van der Waals surface area contributed by atoms with E-state index in [4.69, 9.17) is 4.74 Å². The van der Waals surface area contributed by atoms with E-state index >= 15 is 0 Å². The number of anilines is 1. The highest BCUT2D eigenvalue weighted by molar-refractivity contribution is 6.07. The Morgan fingerprint density at radius 2 is 2.05 bits per heavy atom. The van der Waals surface area contributed by atoms with Gasteiger partial charge in [0.1, 0.15) is 0 Å². The molecule has 1 N–H and O–H groups in total. The molecule has 0 aromatic heterocycles. The normalized spacial score (nSPS) is 20.8. The zero-order valence-electron chi connectivity index (χ0n) is 11.8. The van der Waals surface area contributed by atoms with Crippen LogP contribution in [0.5, 0.6) is 0 Å². The topological polar surface area (TPSA) is 49.8 Å².